The Labute approximate surface area is 95.7 Å². The third kappa shape index (κ3) is 4.30. The van der Waals surface area contributed by atoms with Gasteiger partial charge in [-0.05, 0) is 19.2 Å². The Balaban J connectivity index is 2.28. The maximum atomic E-state index is 11.2. The van der Waals surface area contributed by atoms with E-state index in [1.54, 1.807) is 11.8 Å². The second-order valence-electron chi connectivity index (χ2n) is 4.04. The Morgan fingerprint density at radius 1 is 1.53 bits per heavy atom. The first-order chi connectivity index (χ1) is 6.94. The molecule has 0 spiro atoms. The molecule has 3 atom stereocenters. The van der Waals surface area contributed by atoms with E-state index >= 15 is 0 Å². The molecule has 0 radical (unpaired) electrons. The molecule has 2 N–H and O–H groups in total. The molecule has 0 aliphatic carbocycles. The number of rotatable bonds is 5. The van der Waals surface area contributed by atoms with Gasteiger partial charge >= 0.3 is 0 Å². The van der Waals surface area contributed by atoms with Crippen LogP contribution < -0.4 is 5.32 Å². The summed E-state index contributed by atoms with van der Waals surface area (Å²) in [6.45, 7) is 2.90. The van der Waals surface area contributed by atoms with Crippen molar-refractivity contribution in [2.75, 3.05) is 24.3 Å². The highest BCUT2D eigenvalue weighted by Crippen LogP contribution is 2.13. The molecule has 15 heavy (non-hydrogen) atoms. The standard InChI is InChI=1S/C9H19NO3S2/c1-7(14-2)3-4-10-8-5-15(12,13)6-9(8)11/h7-11H,3-6H2,1-2H3. The van der Waals surface area contributed by atoms with Crippen LogP contribution in [0.15, 0.2) is 0 Å². The van der Waals surface area contributed by atoms with E-state index in [1.165, 1.54) is 0 Å². The Bertz CT molecular complexity index is 292. The highest BCUT2D eigenvalue weighted by Gasteiger charge is 2.35. The van der Waals surface area contributed by atoms with Crippen LogP contribution in [0.1, 0.15) is 13.3 Å². The van der Waals surface area contributed by atoms with Gasteiger partial charge in [-0.25, -0.2) is 8.42 Å². The predicted molar refractivity (Wildman–Crippen MR) is 64.0 cm³/mol. The Hall–Kier alpha value is 0.220. The first-order valence-corrected chi connectivity index (χ1v) is 8.20. The molecule has 4 nitrogen and oxygen atoms in total. The molecule has 1 saturated heterocycles. The summed E-state index contributed by atoms with van der Waals surface area (Å²) in [7, 11) is -3.02. The lowest BCUT2D eigenvalue weighted by molar-refractivity contribution is 0.166. The first kappa shape index (κ1) is 13.3. The lowest BCUT2D eigenvalue weighted by atomic mass is 10.2. The second kappa shape index (κ2) is 5.52. The zero-order valence-electron chi connectivity index (χ0n) is 9.14. The molecule has 0 saturated carbocycles. The minimum atomic E-state index is -3.02. The summed E-state index contributed by atoms with van der Waals surface area (Å²) in [5.74, 6) is -0.0233. The molecule has 6 heteroatoms. The molecule has 0 aromatic rings. The largest absolute Gasteiger partial charge is 0.390 e. The van der Waals surface area contributed by atoms with Crippen molar-refractivity contribution in [1.82, 2.24) is 5.32 Å². The molecule has 90 valence electrons. The van der Waals surface area contributed by atoms with E-state index in [1.807, 2.05) is 0 Å². The van der Waals surface area contributed by atoms with E-state index in [-0.39, 0.29) is 17.5 Å². The molecule has 0 aromatic heterocycles. The van der Waals surface area contributed by atoms with Gasteiger partial charge < -0.3 is 10.4 Å². The summed E-state index contributed by atoms with van der Waals surface area (Å²) < 4.78 is 22.4. The van der Waals surface area contributed by atoms with E-state index in [0.717, 1.165) is 13.0 Å². The highest BCUT2D eigenvalue weighted by atomic mass is 32.2. The Morgan fingerprint density at radius 2 is 2.20 bits per heavy atom. The van der Waals surface area contributed by atoms with E-state index in [4.69, 9.17) is 0 Å². The molecule has 3 unspecified atom stereocenters. The maximum absolute atomic E-state index is 11.2. The number of thioether (sulfide) groups is 1. The highest BCUT2D eigenvalue weighted by molar-refractivity contribution is 7.99. The fourth-order valence-corrected chi connectivity index (χ4v) is 3.74. The van der Waals surface area contributed by atoms with Crippen LogP contribution in [0.25, 0.3) is 0 Å². The summed E-state index contributed by atoms with van der Waals surface area (Å²) >= 11 is 1.79. The van der Waals surface area contributed by atoms with Crippen molar-refractivity contribution in [3.63, 3.8) is 0 Å². The zero-order chi connectivity index (χ0) is 11.5. The van der Waals surface area contributed by atoms with Crippen LogP contribution in [-0.2, 0) is 9.84 Å². The van der Waals surface area contributed by atoms with Crippen LogP contribution in [0.3, 0.4) is 0 Å². The third-order valence-corrected chi connectivity index (χ3v) is 5.44. The Kier molecular flexibility index (Phi) is 4.89. The van der Waals surface area contributed by atoms with Crippen molar-refractivity contribution in [2.24, 2.45) is 0 Å². The van der Waals surface area contributed by atoms with E-state index in [9.17, 15) is 13.5 Å². The van der Waals surface area contributed by atoms with Crippen molar-refractivity contribution in [3.05, 3.63) is 0 Å². The van der Waals surface area contributed by atoms with Crippen LogP contribution in [0.2, 0.25) is 0 Å². The van der Waals surface area contributed by atoms with Gasteiger partial charge in [0.2, 0.25) is 0 Å². The number of aliphatic hydroxyl groups is 1. The summed E-state index contributed by atoms with van der Waals surface area (Å²) in [4.78, 5) is 0. The fourth-order valence-electron chi connectivity index (χ4n) is 1.61. The van der Waals surface area contributed by atoms with Crippen molar-refractivity contribution < 1.29 is 13.5 Å². The van der Waals surface area contributed by atoms with E-state index in [0.29, 0.717) is 5.25 Å². The maximum Gasteiger partial charge on any atom is 0.154 e. The summed E-state index contributed by atoms with van der Waals surface area (Å²) in [5, 5.41) is 13.2. The molecule has 1 aliphatic heterocycles. The second-order valence-corrected chi connectivity index (χ2v) is 7.47. The summed E-state index contributed by atoms with van der Waals surface area (Å²) in [6.07, 6.45) is 2.31. The molecule has 1 rings (SSSR count). The number of sulfone groups is 1. The lowest BCUT2D eigenvalue weighted by Crippen LogP contribution is -2.39. The van der Waals surface area contributed by atoms with Crippen molar-refractivity contribution in [2.45, 2.75) is 30.7 Å². The minimum Gasteiger partial charge on any atom is -0.390 e. The molecule has 0 amide bonds. The number of aliphatic hydroxyl groups excluding tert-OH is 1. The molecule has 1 fully saturated rings. The zero-order valence-corrected chi connectivity index (χ0v) is 10.8. The number of hydrogen-bond acceptors (Lipinski definition) is 5. The van der Waals surface area contributed by atoms with E-state index in [2.05, 4.69) is 18.5 Å². The smallest absolute Gasteiger partial charge is 0.154 e. The minimum absolute atomic E-state index is 0.0712. The topological polar surface area (TPSA) is 66.4 Å². The number of nitrogens with one attached hydrogen (secondary N) is 1. The van der Waals surface area contributed by atoms with Gasteiger partial charge in [0.05, 0.1) is 17.6 Å². The monoisotopic (exact) mass is 253 g/mol. The fraction of sp³-hybridized carbons (Fsp3) is 1.00. The van der Waals surface area contributed by atoms with Gasteiger partial charge in [0.15, 0.2) is 9.84 Å². The number of hydrogen-bond donors (Lipinski definition) is 2. The van der Waals surface area contributed by atoms with Crippen LogP contribution in [-0.4, -0.2) is 55.2 Å². The Morgan fingerprint density at radius 3 is 2.67 bits per heavy atom. The van der Waals surface area contributed by atoms with E-state index < -0.39 is 15.9 Å². The van der Waals surface area contributed by atoms with Gasteiger partial charge in [-0.2, -0.15) is 11.8 Å². The molecule has 1 heterocycles. The van der Waals surface area contributed by atoms with Gasteiger partial charge in [-0.1, -0.05) is 6.92 Å². The van der Waals surface area contributed by atoms with Crippen molar-refractivity contribution in [3.8, 4) is 0 Å². The molecular weight excluding hydrogens is 234 g/mol. The lowest BCUT2D eigenvalue weighted by Gasteiger charge is -2.16. The third-order valence-electron chi connectivity index (χ3n) is 2.68. The molecular formula is C9H19NO3S2. The average Bonchev–Trinajstić information content (AvgIpc) is 2.39. The van der Waals surface area contributed by atoms with Crippen LogP contribution in [0.4, 0.5) is 0 Å². The van der Waals surface area contributed by atoms with Crippen LogP contribution >= 0.6 is 11.8 Å². The van der Waals surface area contributed by atoms with Gasteiger partial charge in [0, 0.05) is 11.3 Å². The summed E-state index contributed by atoms with van der Waals surface area (Å²) in [5.41, 5.74) is 0. The van der Waals surface area contributed by atoms with Gasteiger partial charge in [0.25, 0.3) is 0 Å². The first-order valence-electron chi connectivity index (χ1n) is 5.09. The van der Waals surface area contributed by atoms with Crippen LogP contribution in [0, 0.1) is 0 Å². The van der Waals surface area contributed by atoms with Crippen LogP contribution in [0.5, 0.6) is 0 Å². The quantitative estimate of drug-likeness (QED) is 0.715. The van der Waals surface area contributed by atoms with Crippen molar-refractivity contribution in [1.29, 1.82) is 0 Å². The molecule has 0 bridgehead atoms. The van der Waals surface area contributed by atoms with Crippen molar-refractivity contribution >= 4 is 21.6 Å². The predicted octanol–water partition coefficient (Wildman–Crippen LogP) is -0.124. The summed E-state index contributed by atoms with van der Waals surface area (Å²) in [6, 6.07) is -0.274. The molecule has 0 aromatic carbocycles. The average molecular weight is 253 g/mol. The van der Waals surface area contributed by atoms with Gasteiger partial charge in [0.1, 0.15) is 0 Å². The van der Waals surface area contributed by atoms with Gasteiger partial charge in [-0.15, -0.1) is 0 Å². The SMILES string of the molecule is CSC(C)CCNC1CS(=O)(=O)CC1O. The van der Waals surface area contributed by atoms with Gasteiger partial charge in [-0.3, -0.25) is 0 Å². The molecule has 1 aliphatic rings. The normalized spacial score (nSPS) is 31.7.